The molecule has 0 aliphatic carbocycles. The molecule has 0 spiro atoms. The first-order chi connectivity index (χ1) is 15.1. The van der Waals surface area contributed by atoms with Gasteiger partial charge in [-0.3, -0.25) is 9.59 Å². The van der Waals surface area contributed by atoms with E-state index in [2.05, 4.69) is 10.3 Å². The van der Waals surface area contributed by atoms with Crippen molar-refractivity contribution >= 4 is 17.5 Å². The average molecular weight is 418 g/mol. The van der Waals surface area contributed by atoms with Crippen LogP contribution >= 0.6 is 0 Å². The Labute approximate surface area is 181 Å². The van der Waals surface area contributed by atoms with Gasteiger partial charge < -0.3 is 19.5 Å². The summed E-state index contributed by atoms with van der Waals surface area (Å²) in [6, 6.07) is 16.7. The molecule has 3 aromatic rings. The SMILES string of the molecule is CCOc1ccc(N2C[C@H](C(=O)N[C@H](c3ccccc3)c3nccn3C)CC2=O)cc1. The van der Waals surface area contributed by atoms with Crippen LogP contribution in [-0.4, -0.2) is 34.5 Å². The predicted molar refractivity (Wildman–Crippen MR) is 118 cm³/mol. The van der Waals surface area contributed by atoms with Gasteiger partial charge in [-0.05, 0) is 36.8 Å². The molecule has 1 aliphatic rings. The lowest BCUT2D eigenvalue weighted by molar-refractivity contribution is -0.126. The molecule has 0 saturated carbocycles. The van der Waals surface area contributed by atoms with Gasteiger partial charge in [-0.25, -0.2) is 4.98 Å². The second kappa shape index (κ2) is 9.04. The van der Waals surface area contributed by atoms with E-state index in [4.69, 9.17) is 4.74 Å². The van der Waals surface area contributed by atoms with E-state index in [1.54, 1.807) is 11.1 Å². The molecule has 7 heteroatoms. The summed E-state index contributed by atoms with van der Waals surface area (Å²) in [5, 5.41) is 3.12. The maximum absolute atomic E-state index is 13.2. The van der Waals surface area contributed by atoms with Crippen molar-refractivity contribution in [1.29, 1.82) is 0 Å². The maximum Gasteiger partial charge on any atom is 0.227 e. The first-order valence-electron chi connectivity index (χ1n) is 10.4. The molecule has 2 heterocycles. The average Bonchev–Trinajstić information content (AvgIpc) is 3.39. The van der Waals surface area contributed by atoms with Gasteiger partial charge in [0.25, 0.3) is 0 Å². The van der Waals surface area contributed by atoms with E-state index in [0.29, 0.717) is 13.2 Å². The zero-order valence-electron chi connectivity index (χ0n) is 17.7. The Kier molecular flexibility index (Phi) is 6.02. The fourth-order valence-electron chi connectivity index (χ4n) is 3.88. The standard InChI is InChI=1S/C24H26N4O3/c1-3-31-20-11-9-19(10-12-20)28-16-18(15-21(28)29)24(30)26-22(17-7-5-4-6-8-17)23-25-13-14-27(23)2/h4-14,18,22H,3,15-16H2,1-2H3,(H,26,30)/t18-,22-/m1/s1. The third-order valence-electron chi connectivity index (χ3n) is 5.49. The lowest BCUT2D eigenvalue weighted by atomic mass is 10.0. The lowest BCUT2D eigenvalue weighted by Gasteiger charge is -2.21. The van der Waals surface area contributed by atoms with Gasteiger partial charge in [-0.15, -0.1) is 0 Å². The number of amides is 2. The van der Waals surface area contributed by atoms with Crippen LogP contribution < -0.4 is 15.0 Å². The number of nitrogens with one attached hydrogen (secondary N) is 1. The zero-order chi connectivity index (χ0) is 21.8. The van der Waals surface area contributed by atoms with Crippen molar-refractivity contribution in [3.8, 4) is 5.75 Å². The van der Waals surface area contributed by atoms with Crippen molar-refractivity contribution in [2.24, 2.45) is 13.0 Å². The molecule has 0 unspecified atom stereocenters. The minimum Gasteiger partial charge on any atom is -0.494 e. The normalized spacial score (nSPS) is 16.9. The highest BCUT2D eigenvalue weighted by molar-refractivity contribution is 6.00. The van der Waals surface area contributed by atoms with E-state index in [-0.39, 0.29) is 24.3 Å². The molecule has 160 valence electrons. The van der Waals surface area contributed by atoms with E-state index >= 15 is 0 Å². The molecule has 1 aromatic heterocycles. The minimum atomic E-state index is -0.425. The third kappa shape index (κ3) is 4.45. The number of ether oxygens (including phenoxy) is 1. The number of anilines is 1. The van der Waals surface area contributed by atoms with E-state index < -0.39 is 5.92 Å². The van der Waals surface area contributed by atoms with Crippen molar-refractivity contribution < 1.29 is 14.3 Å². The summed E-state index contributed by atoms with van der Waals surface area (Å²) < 4.78 is 7.36. The van der Waals surface area contributed by atoms with Crippen molar-refractivity contribution in [3.05, 3.63) is 78.4 Å². The van der Waals surface area contributed by atoms with Crippen molar-refractivity contribution in [2.75, 3.05) is 18.1 Å². The van der Waals surface area contributed by atoms with Crippen LogP contribution in [0.25, 0.3) is 0 Å². The Morgan fingerprint density at radius 3 is 2.58 bits per heavy atom. The Morgan fingerprint density at radius 2 is 1.94 bits per heavy atom. The number of carbonyl (C=O) groups excluding carboxylic acids is 2. The topological polar surface area (TPSA) is 76.5 Å². The van der Waals surface area contributed by atoms with Crippen LogP contribution in [-0.2, 0) is 16.6 Å². The van der Waals surface area contributed by atoms with Crippen LogP contribution in [0.1, 0.15) is 30.8 Å². The summed E-state index contributed by atoms with van der Waals surface area (Å²) >= 11 is 0. The molecule has 1 fully saturated rings. The molecule has 2 atom stereocenters. The highest BCUT2D eigenvalue weighted by atomic mass is 16.5. The van der Waals surface area contributed by atoms with Crippen LogP contribution in [0.4, 0.5) is 5.69 Å². The van der Waals surface area contributed by atoms with Crippen LogP contribution in [0.5, 0.6) is 5.75 Å². The number of imidazole rings is 1. The van der Waals surface area contributed by atoms with E-state index in [1.807, 2.05) is 79.3 Å². The Hall–Kier alpha value is -3.61. The summed E-state index contributed by atoms with van der Waals surface area (Å²) in [4.78, 5) is 31.9. The summed E-state index contributed by atoms with van der Waals surface area (Å²) in [5.41, 5.74) is 1.71. The number of carbonyl (C=O) groups is 2. The van der Waals surface area contributed by atoms with Gasteiger partial charge in [0, 0.05) is 38.1 Å². The van der Waals surface area contributed by atoms with Gasteiger partial charge in [0.1, 0.15) is 17.6 Å². The molecule has 7 nitrogen and oxygen atoms in total. The summed E-state index contributed by atoms with van der Waals surface area (Å²) in [5.74, 6) is 0.863. The summed E-state index contributed by atoms with van der Waals surface area (Å²) in [6.07, 6.45) is 3.75. The molecule has 1 saturated heterocycles. The number of nitrogens with zero attached hydrogens (tertiary/aromatic N) is 3. The summed E-state index contributed by atoms with van der Waals surface area (Å²) in [6.45, 7) is 2.86. The fraction of sp³-hybridized carbons (Fsp3) is 0.292. The van der Waals surface area contributed by atoms with E-state index in [0.717, 1.165) is 22.8 Å². The smallest absolute Gasteiger partial charge is 0.227 e. The van der Waals surface area contributed by atoms with Gasteiger partial charge in [0.2, 0.25) is 11.8 Å². The highest BCUT2D eigenvalue weighted by Gasteiger charge is 2.36. The molecular weight excluding hydrogens is 392 g/mol. The lowest BCUT2D eigenvalue weighted by Crippen LogP contribution is -2.37. The number of aryl methyl sites for hydroxylation is 1. The number of hydrogen-bond acceptors (Lipinski definition) is 4. The Bertz CT molecular complexity index is 1050. The second-order valence-electron chi connectivity index (χ2n) is 7.58. The summed E-state index contributed by atoms with van der Waals surface area (Å²) in [7, 11) is 1.90. The fourth-order valence-corrected chi connectivity index (χ4v) is 3.88. The van der Waals surface area contributed by atoms with Crippen LogP contribution in [0, 0.1) is 5.92 Å². The Balaban J connectivity index is 1.50. The second-order valence-corrected chi connectivity index (χ2v) is 7.58. The van der Waals surface area contributed by atoms with Crippen molar-refractivity contribution in [3.63, 3.8) is 0 Å². The monoisotopic (exact) mass is 418 g/mol. The van der Waals surface area contributed by atoms with Crippen LogP contribution in [0.3, 0.4) is 0 Å². The molecule has 0 bridgehead atoms. The van der Waals surface area contributed by atoms with Crippen LogP contribution in [0.2, 0.25) is 0 Å². The zero-order valence-corrected chi connectivity index (χ0v) is 17.7. The van der Waals surface area contributed by atoms with Crippen molar-refractivity contribution in [2.45, 2.75) is 19.4 Å². The highest BCUT2D eigenvalue weighted by Crippen LogP contribution is 2.28. The molecule has 2 aromatic carbocycles. The first kappa shape index (κ1) is 20.7. The molecule has 0 radical (unpaired) electrons. The first-order valence-corrected chi connectivity index (χ1v) is 10.4. The quantitative estimate of drug-likeness (QED) is 0.640. The molecule has 4 rings (SSSR count). The van der Waals surface area contributed by atoms with Gasteiger partial charge in [0.05, 0.1) is 12.5 Å². The van der Waals surface area contributed by atoms with Crippen molar-refractivity contribution in [1.82, 2.24) is 14.9 Å². The number of benzene rings is 2. The van der Waals surface area contributed by atoms with Crippen LogP contribution in [0.15, 0.2) is 67.0 Å². The number of hydrogen-bond donors (Lipinski definition) is 1. The van der Waals surface area contributed by atoms with E-state index in [9.17, 15) is 9.59 Å². The Morgan fingerprint density at radius 1 is 1.19 bits per heavy atom. The molecule has 2 amide bonds. The molecule has 1 aliphatic heterocycles. The largest absolute Gasteiger partial charge is 0.494 e. The van der Waals surface area contributed by atoms with Gasteiger partial charge in [0.15, 0.2) is 0 Å². The number of rotatable bonds is 7. The minimum absolute atomic E-state index is 0.0578. The molecular formula is C24H26N4O3. The predicted octanol–water partition coefficient (Wildman–Crippen LogP) is 3.08. The molecule has 1 N–H and O–H groups in total. The molecule has 31 heavy (non-hydrogen) atoms. The van der Waals surface area contributed by atoms with E-state index in [1.165, 1.54) is 0 Å². The van der Waals surface area contributed by atoms with Gasteiger partial charge in [-0.2, -0.15) is 0 Å². The van der Waals surface area contributed by atoms with Gasteiger partial charge in [-0.1, -0.05) is 30.3 Å². The number of aromatic nitrogens is 2. The maximum atomic E-state index is 13.2. The van der Waals surface area contributed by atoms with Gasteiger partial charge >= 0.3 is 0 Å². The third-order valence-corrected chi connectivity index (χ3v) is 5.49.